The maximum Gasteiger partial charge on any atom is 0.227 e. The van der Waals surface area contributed by atoms with Crippen LogP contribution in [0.25, 0.3) is 0 Å². The predicted molar refractivity (Wildman–Crippen MR) is 83.1 cm³/mol. The van der Waals surface area contributed by atoms with E-state index in [4.69, 9.17) is 0 Å². The third-order valence-corrected chi connectivity index (χ3v) is 5.30. The van der Waals surface area contributed by atoms with Crippen molar-refractivity contribution in [1.29, 1.82) is 0 Å². The van der Waals surface area contributed by atoms with Gasteiger partial charge in [-0.05, 0) is 48.6 Å². The Morgan fingerprint density at radius 2 is 1.90 bits per heavy atom. The first-order valence-electron chi connectivity index (χ1n) is 7.97. The fourth-order valence-corrected chi connectivity index (χ4v) is 3.44. The summed E-state index contributed by atoms with van der Waals surface area (Å²) in [6, 6.07) is 8.10. The number of aliphatic hydroxyl groups is 1. The van der Waals surface area contributed by atoms with Crippen molar-refractivity contribution < 1.29 is 9.90 Å². The smallest absolute Gasteiger partial charge is 0.227 e. The lowest BCUT2D eigenvalue weighted by Gasteiger charge is -2.40. The van der Waals surface area contributed by atoms with Gasteiger partial charge in [-0.2, -0.15) is 0 Å². The molecule has 2 N–H and O–H groups in total. The summed E-state index contributed by atoms with van der Waals surface area (Å²) in [6.45, 7) is 4.88. The Hall–Kier alpha value is -1.35. The number of hydrogen-bond donors (Lipinski definition) is 2. The molecule has 3 rings (SSSR count). The monoisotopic (exact) mass is 287 g/mol. The lowest BCUT2D eigenvalue weighted by Crippen LogP contribution is -2.48. The third kappa shape index (κ3) is 2.98. The summed E-state index contributed by atoms with van der Waals surface area (Å²) in [4.78, 5) is 12.3. The maximum atomic E-state index is 12.3. The van der Waals surface area contributed by atoms with Gasteiger partial charge in [0.1, 0.15) is 0 Å². The Morgan fingerprint density at radius 1 is 1.24 bits per heavy atom. The molecule has 0 heterocycles. The molecule has 1 fully saturated rings. The van der Waals surface area contributed by atoms with E-state index in [2.05, 4.69) is 25.2 Å². The molecule has 0 spiro atoms. The van der Waals surface area contributed by atoms with Crippen LogP contribution in [0.15, 0.2) is 24.3 Å². The van der Waals surface area contributed by atoms with Crippen LogP contribution < -0.4 is 5.32 Å². The fraction of sp³-hybridized carbons (Fsp3) is 0.611. The first-order chi connectivity index (χ1) is 9.89. The van der Waals surface area contributed by atoms with E-state index < -0.39 is 5.60 Å². The van der Waals surface area contributed by atoms with Crippen LogP contribution in [0.5, 0.6) is 0 Å². The molecule has 2 aliphatic rings. The van der Waals surface area contributed by atoms with Crippen molar-refractivity contribution in [3.05, 3.63) is 35.4 Å². The van der Waals surface area contributed by atoms with Crippen molar-refractivity contribution in [1.82, 2.24) is 5.32 Å². The minimum absolute atomic E-state index is 0.0233. The molecule has 1 amide bonds. The SMILES string of the molecule is CC1(C)CCC(O)(CNC(=O)C2Cc3ccccc32)CC1. The molecule has 0 radical (unpaired) electrons. The number of carbonyl (C=O) groups is 1. The molecule has 0 aliphatic heterocycles. The van der Waals surface area contributed by atoms with Crippen LogP contribution in [0.3, 0.4) is 0 Å². The first-order valence-corrected chi connectivity index (χ1v) is 7.97. The van der Waals surface area contributed by atoms with Gasteiger partial charge in [-0.15, -0.1) is 0 Å². The van der Waals surface area contributed by atoms with E-state index in [0.29, 0.717) is 12.0 Å². The molecule has 3 nitrogen and oxygen atoms in total. The van der Waals surface area contributed by atoms with E-state index >= 15 is 0 Å². The molecular weight excluding hydrogens is 262 g/mol. The third-order valence-electron chi connectivity index (χ3n) is 5.30. The van der Waals surface area contributed by atoms with Crippen LogP contribution in [0.2, 0.25) is 0 Å². The molecular formula is C18H25NO2. The average molecular weight is 287 g/mol. The molecule has 1 atom stereocenters. The van der Waals surface area contributed by atoms with Gasteiger partial charge >= 0.3 is 0 Å². The molecule has 0 aromatic heterocycles. The summed E-state index contributed by atoms with van der Waals surface area (Å²) in [5.41, 5.74) is 2.03. The summed E-state index contributed by atoms with van der Waals surface area (Å²) in [7, 11) is 0. The van der Waals surface area contributed by atoms with E-state index in [-0.39, 0.29) is 11.8 Å². The lowest BCUT2D eigenvalue weighted by molar-refractivity contribution is -0.125. The van der Waals surface area contributed by atoms with Gasteiger partial charge in [0.2, 0.25) is 5.91 Å². The quantitative estimate of drug-likeness (QED) is 0.898. The second kappa shape index (κ2) is 5.13. The molecule has 0 bridgehead atoms. The largest absolute Gasteiger partial charge is 0.388 e. The standard InChI is InChI=1S/C18H25NO2/c1-17(2)7-9-18(21,10-8-17)12-19-16(20)15-11-13-5-3-4-6-14(13)15/h3-6,15,21H,7-12H2,1-2H3,(H,19,20). The normalized spacial score (nSPS) is 25.6. The van der Waals surface area contributed by atoms with Crippen molar-refractivity contribution in [3.8, 4) is 0 Å². The van der Waals surface area contributed by atoms with Crippen LogP contribution in [0.1, 0.15) is 56.6 Å². The van der Waals surface area contributed by atoms with Crippen molar-refractivity contribution in [2.45, 2.75) is 57.5 Å². The highest BCUT2D eigenvalue weighted by atomic mass is 16.3. The molecule has 0 saturated heterocycles. The minimum Gasteiger partial charge on any atom is -0.388 e. The van der Waals surface area contributed by atoms with Gasteiger partial charge in [0.05, 0.1) is 11.5 Å². The van der Waals surface area contributed by atoms with Gasteiger partial charge in [-0.3, -0.25) is 4.79 Å². The van der Waals surface area contributed by atoms with Crippen LogP contribution in [0, 0.1) is 5.41 Å². The predicted octanol–water partition coefficient (Wildman–Crippen LogP) is 2.77. The van der Waals surface area contributed by atoms with Crippen LogP contribution in [-0.2, 0) is 11.2 Å². The van der Waals surface area contributed by atoms with Crippen molar-refractivity contribution >= 4 is 5.91 Å². The number of benzene rings is 1. The summed E-state index contributed by atoms with van der Waals surface area (Å²) in [5, 5.41) is 13.6. The van der Waals surface area contributed by atoms with Gasteiger partial charge in [0.25, 0.3) is 0 Å². The molecule has 3 heteroatoms. The minimum atomic E-state index is -0.714. The average Bonchev–Trinajstić information content (AvgIpc) is 2.42. The van der Waals surface area contributed by atoms with E-state index in [1.165, 1.54) is 5.56 Å². The van der Waals surface area contributed by atoms with E-state index in [0.717, 1.165) is 37.7 Å². The van der Waals surface area contributed by atoms with Gasteiger partial charge in [0, 0.05) is 6.54 Å². The highest BCUT2D eigenvalue weighted by Crippen LogP contribution is 2.40. The van der Waals surface area contributed by atoms with Crippen LogP contribution in [-0.4, -0.2) is 23.2 Å². The number of rotatable bonds is 3. The van der Waals surface area contributed by atoms with Gasteiger partial charge in [-0.1, -0.05) is 38.1 Å². The summed E-state index contributed by atoms with van der Waals surface area (Å²) < 4.78 is 0. The first kappa shape index (κ1) is 14.6. The highest BCUT2D eigenvalue weighted by Gasteiger charge is 2.38. The lowest BCUT2D eigenvalue weighted by atomic mass is 9.71. The second-order valence-electron chi connectivity index (χ2n) is 7.56. The van der Waals surface area contributed by atoms with Crippen molar-refractivity contribution in [2.24, 2.45) is 5.41 Å². The summed E-state index contributed by atoms with van der Waals surface area (Å²) in [5.74, 6) is 0.0387. The number of carbonyl (C=O) groups excluding carboxylic acids is 1. The van der Waals surface area contributed by atoms with E-state index in [1.54, 1.807) is 0 Å². The molecule has 1 unspecified atom stereocenters. The van der Waals surface area contributed by atoms with Crippen molar-refractivity contribution in [2.75, 3.05) is 6.54 Å². The van der Waals surface area contributed by atoms with E-state index in [1.807, 2.05) is 18.2 Å². The zero-order chi connectivity index (χ0) is 15.1. The highest BCUT2D eigenvalue weighted by molar-refractivity contribution is 5.86. The fourth-order valence-electron chi connectivity index (χ4n) is 3.44. The Balaban J connectivity index is 1.53. The Morgan fingerprint density at radius 3 is 2.57 bits per heavy atom. The van der Waals surface area contributed by atoms with Gasteiger partial charge < -0.3 is 10.4 Å². The Bertz CT molecular complexity index is 540. The molecule has 1 aromatic rings. The summed E-state index contributed by atoms with van der Waals surface area (Å²) in [6.07, 6.45) is 4.42. The van der Waals surface area contributed by atoms with Crippen molar-refractivity contribution in [3.63, 3.8) is 0 Å². The molecule has 1 aromatic carbocycles. The van der Waals surface area contributed by atoms with Crippen LogP contribution >= 0.6 is 0 Å². The van der Waals surface area contributed by atoms with Crippen LogP contribution in [0.4, 0.5) is 0 Å². The van der Waals surface area contributed by atoms with E-state index in [9.17, 15) is 9.90 Å². The summed E-state index contributed by atoms with van der Waals surface area (Å²) >= 11 is 0. The number of amides is 1. The number of hydrogen-bond acceptors (Lipinski definition) is 2. The Labute approximate surface area is 126 Å². The number of nitrogens with one attached hydrogen (secondary N) is 1. The topological polar surface area (TPSA) is 49.3 Å². The van der Waals surface area contributed by atoms with Gasteiger partial charge in [0.15, 0.2) is 0 Å². The molecule has 1 saturated carbocycles. The zero-order valence-corrected chi connectivity index (χ0v) is 13.0. The Kier molecular flexibility index (Phi) is 3.56. The zero-order valence-electron chi connectivity index (χ0n) is 13.0. The molecule has 21 heavy (non-hydrogen) atoms. The molecule has 114 valence electrons. The second-order valence-corrected chi connectivity index (χ2v) is 7.56. The molecule has 2 aliphatic carbocycles. The van der Waals surface area contributed by atoms with Gasteiger partial charge in [-0.25, -0.2) is 0 Å². The number of fused-ring (bicyclic) bond motifs is 1. The maximum absolute atomic E-state index is 12.3.